The molecule has 4 heteroatoms. The number of hydrogen-bond acceptors (Lipinski definition) is 2. The molecule has 0 bridgehead atoms. The van der Waals surface area contributed by atoms with Crippen LogP contribution >= 0.6 is 27.3 Å². The number of halogens is 1. The molecule has 17 heavy (non-hydrogen) atoms. The van der Waals surface area contributed by atoms with Crippen LogP contribution in [0.1, 0.15) is 37.5 Å². The molecule has 1 heterocycles. The minimum absolute atomic E-state index is 0.178. The molecule has 1 aromatic rings. The number of carbonyl (C=O) groups is 1. The minimum Gasteiger partial charge on any atom is -0.356 e. The van der Waals surface area contributed by atoms with E-state index in [-0.39, 0.29) is 5.91 Å². The highest BCUT2D eigenvalue weighted by atomic mass is 79.9. The van der Waals surface area contributed by atoms with E-state index in [1.165, 1.54) is 4.88 Å². The summed E-state index contributed by atoms with van der Waals surface area (Å²) in [5, 5.41) is 5.04. The topological polar surface area (TPSA) is 29.1 Å². The highest BCUT2D eigenvalue weighted by molar-refractivity contribution is 9.09. The molecule has 0 aliphatic rings. The second kappa shape index (κ2) is 8.70. The number of carbonyl (C=O) groups excluding carboxylic acids is 1. The zero-order chi connectivity index (χ0) is 12.5. The number of amides is 1. The lowest BCUT2D eigenvalue weighted by Crippen LogP contribution is -2.25. The van der Waals surface area contributed by atoms with Gasteiger partial charge in [0.15, 0.2) is 0 Å². The Bertz CT molecular complexity index is 313. The fourth-order valence-corrected chi connectivity index (χ4v) is 2.52. The van der Waals surface area contributed by atoms with Gasteiger partial charge in [-0.2, -0.15) is 0 Å². The monoisotopic (exact) mass is 317 g/mol. The molecule has 1 N–H and O–H groups in total. The fourth-order valence-electron chi connectivity index (χ4n) is 1.54. The van der Waals surface area contributed by atoms with Crippen LogP contribution in [-0.4, -0.2) is 17.3 Å². The molecule has 1 atom stereocenters. The van der Waals surface area contributed by atoms with E-state index in [1.54, 1.807) is 11.3 Å². The third kappa shape index (κ3) is 6.84. The van der Waals surface area contributed by atoms with E-state index in [0.717, 1.165) is 32.2 Å². The van der Waals surface area contributed by atoms with Crippen LogP contribution in [0.5, 0.6) is 0 Å². The Morgan fingerprint density at radius 2 is 2.41 bits per heavy atom. The van der Waals surface area contributed by atoms with Gasteiger partial charge in [-0.15, -0.1) is 11.3 Å². The summed E-state index contributed by atoms with van der Waals surface area (Å²) in [7, 11) is 0. The van der Waals surface area contributed by atoms with E-state index in [0.29, 0.717) is 11.2 Å². The quantitative estimate of drug-likeness (QED) is 0.727. The molecule has 0 spiro atoms. The maximum atomic E-state index is 11.5. The summed E-state index contributed by atoms with van der Waals surface area (Å²) in [6, 6.07) is 4.18. The number of thiophene rings is 1. The lowest BCUT2D eigenvalue weighted by molar-refractivity contribution is -0.121. The first-order chi connectivity index (χ1) is 8.22. The summed E-state index contributed by atoms with van der Waals surface area (Å²) < 4.78 is 0. The van der Waals surface area contributed by atoms with E-state index in [2.05, 4.69) is 45.7 Å². The lowest BCUT2D eigenvalue weighted by Gasteiger charge is -2.08. The van der Waals surface area contributed by atoms with Gasteiger partial charge in [0.25, 0.3) is 0 Å². The molecule has 1 amide bonds. The van der Waals surface area contributed by atoms with Gasteiger partial charge in [-0.1, -0.05) is 28.9 Å². The van der Waals surface area contributed by atoms with Crippen LogP contribution in [0, 0.1) is 0 Å². The van der Waals surface area contributed by atoms with Gasteiger partial charge in [0.05, 0.1) is 0 Å². The molecular weight excluding hydrogens is 298 g/mol. The smallest absolute Gasteiger partial charge is 0.220 e. The molecule has 0 saturated carbocycles. The van der Waals surface area contributed by atoms with Crippen molar-refractivity contribution in [3.8, 4) is 0 Å². The molecule has 0 aliphatic carbocycles. The Morgan fingerprint density at radius 1 is 1.59 bits per heavy atom. The van der Waals surface area contributed by atoms with Crippen molar-refractivity contribution in [1.82, 2.24) is 5.32 Å². The van der Waals surface area contributed by atoms with Gasteiger partial charge >= 0.3 is 0 Å². The zero-order valence-corrected chi connectivity index (χ0v) is 12.6. The van der Waals surface area contributed by atoms with Crippen LogP contribution in [0.2, 0.25) is 0 Å². The van der Waals surface area contributed by atoms with Gasteiger partial charge in [-0.3, -0.25) is 4.79 Å². The minimum atomic E-state index is 0.178. The molecule has 0 aliphatic heterocycles. The summed E-state index contributed by atoms with van der Waals surface area (Å²) in [4.78, 5) is 13.4. The van der Waals surface area contributed by atoms with Crippen molar-refractivity contribution in [2.45, 2.75) is 43.9 Å². The zero-order valence-electron chi connectivity index (χ0n) is 10.2. The van der Waals surface area contributed by atoms with Crippen molar-refractivity contribution in [3.05, 3.63) is 22.4 Å². The molecule has 1 unspecified atom stereocenters. The largest absolute Gasteiger partial charge is 0.356 e. The maximum absolute atomic E-state index is 11.5. The highest BCUT2D eigenvalue weighted by Gasteiger charge is 2.04. The second-order valence-electron chi connectivity index (χ2n) is 4.08. The SMILES string of the molecule is CCC(Br)CCNC(=O)CCCc1cccs1. The summed E-state index contributed by atoms with van der Waals surface area (Å²) >= 11 is 5.32. The van der Waals surface area contributed by atoms with Gasteiger partial charge in [0.1, 0.15) is 0 Å². The van der Waals surface area contributed by atoms with Crippen LogP contribution in [0.3, 0.4) is 0 Å². The van der Waals surface area contributed by atoms with E-state index in [9.17, 15) is 4.79 Å². The summed E-state index contributed by atoms with van der Waals surface area (Å²) in [6.45, 7) is 2.92. The Labute approximate surface area is 116 Å². The molecule has 0 fully saturated rings. The van der Waals surface area contributed by atoms with E-state index in [1.807, 2.05) is 0 Å². The van der Waals surface area contributed by atoms with Gasteiger partial charge in [-0.05, 0) is 37.1 Å². The lowest BCUT2D eigenvalue weighted by atomic mass is 10.2. The second-order valence-corrected chi connectivity index (χ2v) is 6.40. The molecule has 1 rings (SSSR count). The predicted molar refractivity (Wildman–Crippen MR) is 77.9 cm³/mol. The normalized spacial score (nSPS) is 12.4. The van der Waals surface area contributed by atoms with Crippen molar-refractivity contribution >= 4 is 33.2 Å². The van der Waals surface area contributed by atoms with Crippen LogP contribution < -0.4 is 5.32 Å². The third-order valence-corrected chi connectivity index (χ3v) is 4.67. The van der Waals surface area contributed by atoms with Crippen LogP contribution in [0.15, 0.2) is 17.5 Å². The number of rotatable bonds is 8. The molecule has 2 nitrogen and oxygen atoms in total. The van der Waals surface area contributed by atoms with E-state index >= 15 is 0 Å². The first kappa shape index (κ1) is 14.7. The Kier molecular flexibility index (Phi) is 7.53. The molecule has 1 aromatic heterocycles. The summed E-state index contributed by atoms with van der Waals surface area (Å²) in [6.07, 6.45) is 4.71. The van der Waals surface area contributed by atoms with Crippen molar-refractivity contribution < 1.29 is 4.79 Å². The van der Waals surface area contributed by atoms with E-state index < -0.39 is 0 Å². The van der Waals surface area contributed by atoms with Crippen molar-refractivity contribution in [1.29, 1.82) is 0 Å². The number of nitrogens with one attached hydrogen (secondary N) is 1. The average molecular weight is 318 g/mol. The molecule has 0 saturated heterocycles. The van der Waals surface area contributed by atoms with Crippen LogP contribution in [-0.2, 0) is 11.2 Å². The van der Waals surface area contributed by atoms with Crippen LogP contribution in [0.4, 0.5) is 0 Å². The number of hydrogen-bond donors (Lipinski definition) is 1. The Hall–Kier alpha value is -0.350. The first-order valence-corrected chi connectivity index (χ1v) is 7.95. The first-order valence-electron chi connectivity index (χ1n) is 6.15. The van der Waals surface area contributed by atoms with E-state index in [4.69, 9.17) is 0 Å². The standard InChI is InChI=1S/C13H20BrNOS/c1-2-11(14)8-9-15-13(16)7-3-5-12-6-4-10-17-12/h4,6,10-11H,2-3,5,7-9H2,1H3,(H,15,16). The molecule has 0 radical (unpaired) electrons. The van der Waals surface area contributed by atoms with Crippen molar-refractivity contribution in [2.24, 2.45) is 0 Å². The van der Waals surface area contributed by atoms with Gasteiger partial charge in [-0.25, -0.2) is 0 Å². The third-order valence-electron chi connectivity index (χ3n) is 2.63. The Balaban J connectivity index is 2.01. The molecular formula is C13H20BrNOS. The Morgan fingerprint density at radius 3 is 3.06 bits per heavy atom. The van der Waals surface area contributed by atoms with Crippen LogP contribution in [0.25, 0.3) is 0 Å². The summed E-state index contributed by atoms with van der Waals surface area (Å²) in [5.41, 5.74) is 0. The molecule has 0 aromatic carbocycles. The van der Waals surface area contributed by atoms with Gasteiger partial charge in [0.2, 0.25) is 5.91 Å². The van der Waals surface area contributed by atoms with Gasteiger partial charge < -0.3 is 5.32 Å². The molecule has 96 valence electrons. The number of aryl methyl sites for hydroxylation is 1. The maximum Gasteiger partial charge on any atom is 0.220 e. The number of alkyl halides is 1. The average Bonchev–Trinajstić information content (AvgIpc) is 2.82. The summed E-state index contributed by atoms with van der Waals surface area (Å²) in [5.74, 6) is 0.178. The van der Waals surface area contributed by atoms with Crippen molar-refractivity contribution in [3.63, 3.8) is 0 Å². The highest BCUT2D eigenvalue weighted by Crippen LogP contribution is 2.12. The van der Waals surface area contributed by atoms with Gasteiger partial charge in [0, 0.05) is 22.7 Å². The van der Waals surface area contributed by atoms with Crippen molar-refractivity contribution in [2.75, 3.05) is 6.54 Å². The fraction of sp³-hybridized carbons (Fsp3) is 0.615. The predicted octanol–water partition coefficient (Wildman–Crippen LogP) is 3.75.